The molecule has 0 fully saturated rings. The first-order valence-corrected chi connectivity index (χ1v) is 7.04. The Morgan fingerprint density at radius 3 is 2.90 bits per heavy atom. The molecule has 1 aromatic carbocycles. The minimum atomic E-state index is -0.599. The highest BCUT2D eigenvalue weighted by Crippen LogP contribution is 2.21. The minimum Gasteiger partial charge on any atom is -0.304 e. The van der Waals surface area contributed by atoms with Gasteiger partial charge in [-0.2, -0.15) is 0 Å². The van der Waals surface area contributed by atoms with Crippen molar-refractivity contribution in [1.29, 1.82) is 0 Å². The molecular formula is C13H14FN3O2S. The number of hydrogen-bond acceptors (Lipinski definition) is 5. The molecule has 1 heterocycles. The first kappa shape index (κ1) is 14.5. The number of hydrogen-bond donors (Lipinski definition) is 1. The normalized spacial score (nSPS) is 12.3. The largest absolute Gasteiger partial charge is 0.304 e. The second kappa shape index (κ2) is 6.53. The number of nitrogens with one attached hydrogen (secondary N) is 1. The lowest BCUT2D eigenvalue weighted by molar-refractivity contribution is -0.385. The lowest BCUT2D eigenvalue weighted by Gasteiger charge is -2.14. The summed E-state index contributed by atoms with van der Waals surface area (Å²) in [6.45, 7) is 2.38. The van der Waals surface area contributed by atoms with Crippen LogP contribution < -0.4 is 5.32 Å². The molecule has 0 bridgehead atoms. The Labute approximate surface area is 119 Å². The van der Waals surface area contributed by atoms with E-state index in [1.165, 1.54) is 12.1 Å². The number of aromatic nitrogens is 1. The molecule has 0 aliphatic rings. The summed E-state index contributed by atoms with van der Waals surface area (Å²) in [7, 11) is 0. The van der Waals surface area contributed by atoms with E-state index in [1.54, 1.807) is 17.5 Å². The maximum absolute atomic E-state index is 13.3. The van der Waals surface area contributed by atoms with Gasteiger partial charge in [-0.1, -0.05) is 6.92 Å². The molecule has 0 spiro atoms. The van der Waals surface area contributed by atoms with Gasteiger partial charge in [-0.15, -0.1) is 11.3 Å². The van der Waals surface area contributed by atoms with Gasteiger partial charge in [-0.05, 0) is 18.1 Å². The van der Waals surface area contributed by atoms with Crippen LogP contribution in [0.5, 0.6) is 0 Å². The van der Waals surface area contributed by atoms with E-state index in [4.69, 9.17) is 0 Å². The summed E-state index contributed by atoms with van der Waals surface area (Å²) >= 11 is 1.55. The zero-order valence-corrected chi connectivity index (χ0v) is 11.7. The summed E-state index contributed by atoms with van der Waals surface area (Å²) in [5.74, 6) is -0.599. The number of nitrogens with zero attached hydrogens (tertiary/aromatic N) is 2. The van der Waals surface area contributed by atoms with Gasteiger partial charge in [0.1, 0.15) is 10.8 Å². The van der Waals surface area contributed by atoms with Crippen molar-refractivity contribution in [2.45, 2.75) is 25.9 Å². The molecular weight excluding hydrogens is 281 g/mol. The molecule has 5 nitrogen and oxygen atoms in total. The Hall–Kier alpha value is -1.86. The molecule has 0 saturated heterocycles. The highest BCUT2D eigenvalue weighted by molar-refractivity contribution is 7.09. The lowest BCUT2D eigenvalue weighted by Crippen LogP contribution is -2.20. The van der Waals surface area contributed by atoms with Crippen molar-refractivity contribution in [3.05, 3.63) is 56.3 Å². The van der Waals surface area contributed by atoms with Crippen LogP contribution >= 0.6 is 11.3 Å². The van der Waals surface area contributed by atoms with Crippen LogP contribution in [-0.2, 0) is 6.54 Å². The number of nitro groups is 1. The van der Waals surface area contributed by atoms with Gasteiger partial charge in [0.15, 0.2) is 0 Å². The number of nitro benzene ring substituents is 1. The van der Waals surface area contributed by atoms with Gasteiger partial charge in [-0.25, -0.2) is 9.37 Å². The maximum atomic E-state index is 13.3. The summed E-state index contributed by atoms with van der Waals surface area (Å²) in [4.78, 5) is 14.3. The van der Waals surface area contributed by atoms with E-state index in [0.29, 0.717) is 12.1 Å². The average Bonchev–Trinajstić information content (AvgIpc) is 2.93. The van der Waals surface area contributed by atoms with Gasteiger partial charge in [0.2, 0.25) is 0 Å². The van der Waals surface area contributed by atoms with E-state index >= 15 is 0 Å². The Kier molecular flexibility index (Phi) is 4.75. The van der Waals surface area contributed by atoms with Crippen LogP contribution in [0.2, 0.25) is 0 Å². The fraction of sp³-hybridized carbons (Fsp3) is 0.308. The Bertz CT molecular complexity index is 589. The third-order valence-corrected chi connectivity index (χ3v) is 3.75. The maximum Gasteiger partial charge on any atom is 0.272 e. The first-order chi connectivity index (χ1) is 9.60. The van der Waals surface area contributed by atoms with Crippen molar-refractivity contribution < 1.29 is 9.31 Å². The summed E-state index contributed by atoms with van der Waals surface area (Å²) in [5, 5.41) is 16.8. The van der Waals surface area contributed by atoms with Crippen LogP contribution in [0, 0.1) is 15.9 Å². The number of halogens is 1. The van der Waals surface area contributed by atoms with Crippen LogP contribution in [0.15, 0.2) is 29.8 Å². The van der Waals surface area contributed by atoms with Crippen molar-refractivity contribution in [1.82, 2.24) is 10.3 Å². The second-order valence-electron chi connectivity index (χ2n) is 4.29. The Morgan fingerprint density at radius 2 is 2.30 bits per heavy atom. The van der Waals surface area contributed by atoms with Crippen LogP contribution in [0.1, 0.15) is 30.0 Å². The van der Waals surface area contributed by atoms with Gasteiger partial charge in [0.25, 0.3) is 5.69 Å². The van der Waals surface area contributed by atoms with Crippen molar-refractivity contribution in [2.75, 3.05) is 0 Å². The van der Waals surface area contributed by atoms with Gasteiger partial charge < -0.3 is 5.32 Å². The predicted octanol–water partition coefficient (Wildman–Crippen LogP) is 3.43. The zero-order valence-electron chi connectivity index (χ0n) is 10.9. The monoisotopic (exact) mass is 295 g/mol. The van der Waals surface area contributed by atoms with E-state index in [0.717, 1.165) is 17.5 Å². The molecule has 0 aliphatic carbocycles. The summed E-state index contributed by atoms with van der Waals surface area (Å²) in [6, 6.07) is 3.67. The molecule has 20 heavy (non-hydrogen) atoms. The van der Waals surface area contributed by atoms with Crippen LogP contribution in [0.3, 0.4) is 0 Å². The molecule has 7 heteroatoms. The summed E-state index contributed by atoms with van der Waals surface area (Å²) in [6.07, 6.45) is 2.57. The Balaban J connectivity index is 2.08. The molecule has 0 amide bonds. The minimum absolute atomic E-state index is 0.0670. The van der Waals surface area contributed by atoms with Crippen LogP contribution in [-0.4, -0.2) is 9.91 Å². The SMILES string of the molecule is CCC(NCc1cc(F)cc([N+](=O)[O-])c1)c1nccs1. The number of thiazole rings is 1. The van der Waals surface area contributed by atoms with Crippen molar-refractivity contribution in [3.63, 3.8) is 0 Å². The molecule has 1 atom stereocenters. The molecule has 106 valence electrons. The Morgan fingerprint density at radius 1 is 1.50 bits per heavy atom. The third-order valence-electron chi connectivity index (χ3n) is 2.86. The molecule has 1 N–H and O–H groups in total. The predicted molar refractivity (Wildman–Crippen MR) is 75.0 cm³/mol. The van der Waals surface area contributed by atoms with Gasteiger partial charge >= 0.3 is 0 Å². The molecule has 0 radical (unpaired) electrons. The second-order valence-corrected chi connectivity index (χ2v) is 5.21. The average molecular weight is 295 g/mol. The van der Waals surface area contributed by atoms with E-state index in [9.17, 15) is 14.5 Å². The topological polar surface area (TPSA) is 68.1 Å². The van der Waals surface area contributed by atoms with Gasteiger partial charge in [-0.3, -0.25) is 10.1 Å². The lowest BCUT2D eigenvalue weighted by atomic mass is 10.1. The molecule has 2 aromatic rings. The third kappa shape index (κ3) is 3.58. The number of non-ortho nitro benzene ring substituents is 1. The van der Waals surface area contributed by atoms with E-state index in [1.807, 2.05) is 12.3 Å². The van der Waals surface area contributed by atoms with Gasteiger partial charge in [0.05, 0.1) is 17.0 Å². The standard InChI is InChI=1S/C13H14FN3O2S/c1-2-12(13-15-3-4-20-13)16-8-9-5-10(14)7-11(6-9)17(18)19/h3-7,12,16H,2,8H2,1H3. The number of rotatable bonds is 6. The summed E-state index contributed by atoms with van der Waals surface area (Å²) in [5.41, 5.74) is 0.316. The fourth-order valence-corrected chi connectivity index (χ4v) is 2.69. The van der Waals surface area contributed by atoms with E-state index in [2.05, 4.69) is 10.3 Å². The number of benzene rings is 1. The highest BCUT2D eigenvalue weighted by atomic mass is 32.1. The van der Waals surface area contributed by atoms with Crippen molar-refractivity contribution in [2.24, 2.45) is 0 Å². The zero-order chi connectivity index (χ0) is 14.5. The molecule has 1 unspecified atom stereocenters. The van der Waals surface area contributed by atoms with E-state index < -0.39 is 10.7 Å². The fourth-order valence-electron chi connectivity index (χ4n) is 1.89. The quantitative estimate of drug-likeness (QED) is 0.655. The van der Waals surface area contributed by atoms with Gasteiger partial charge in [0, 0.05) is 24.2 Å². The van der Waals surface area contributed by atoms with Crippen LogP contribution in [0.4, 0.5) is 10.1 Å². The highest BCUT2D eigenvalue weighted by Gasteiger charge is 2.13. The first-order valence-electron chi connectivity index (χ1n) is 6.16. The van der Waals surface area contributed by atoms with Crippen molar-refractivity contribution >= 4 is 17.0 Å². The summed E-state index contributed by atoms with van der Waals surface area (Å²) < 4.78 is 13.3. The van der Waals surface area contributed by atoms with Crippen molar-refractivity contribution in [3.8, 4) is 0 Å². The van der Waals surface area contributed by atoms with E-state index in [-0.39, 0.29) is 11.7 Å². The molecule has 0 aliphatic heterocycles. The molecule has 0 saturated carbocycles. The molecule has 1 aromatic heterocycles. The molecule has 2 rings (SSSR count). The smallest absolute Gasteiger partial charge is 0.272 e. The van der Waals surface area contributed by atoms with Crippen LogP contribution in [0.25, 0.3) is 0 Å².